The maximum absolute atomic E-state index is 13.2. The Morgan fingerprint density at radius 2 is 1.17 bits per heavy atom. The van der Waals surface area contributed by atoms with Crippen LogP contribution in [0.5, 0.6) is 0 Å². The van der Waals surface area contributed by atoms with E-state index in [1.165, 1.54) is 74.4 Å². The first-order valence-corrected chi connectivity index (χ1v) is 25.5. The van der Waals surface area contributed by atoms with E-state index in [1.807, 2.05) is 0 Å². The maximum atomic E-state index is 13.2. The van der Waals surface area contributed by atoms with Crippen LogP contribution < -0.4 is 35.1 Å². The van der Waals surface area contributed by atoms with Crippen LogP contribution in [-0.2, 0) is 39.5 Å². The lowest BCUT2D eigenvalue weighted by atomic mass is 9.53. The van der Waals surface area contributed by atoms with Crippen LogP contribution in [0.1, 0.15) is 72.9 Å². The third kappa shape index (κ3) is 7.67. The van der Waals surface area contributed by atoms with Gasteiger partial charge in [-0.25, -0.2) is 0 Å². The van der Waals surface area contributed by atoms with Crippen LogP contribution in [0.3, 0.4) is 0 Å². The van der Waals surface area contributed by atoms with Gasteiger partial charge in [-0.15, -0.1) is 0 Å². The van der Waals surface area contributed by atoms with Gasteiger partial charge in [0, 0.05) is 72.6 Å². The van der Waals surface area contributed by atoms with E-state index in [9.17, 15) is 44.3 Å². The van der Waals surface area contributed by atoms with E-state index in [4.69, 9.17) is 9.47 Å². The number of benzene rings is 3. The number of carbonyl (C=O) groups excluding carboxylic acids is 5. The van der Waals surface area contributed by atoms with Gasteiger partial charge < -0.3 is 76.1 Å². The van der Waals surface area contributed by atoms with Crippen LogP contribution in [0.2, 0.25) is 0 Å². The van der Waals surface area contributed by atoms with Gasteiger partial charge in [0.2, 0.25) is 11.8 Å². The van der Waals surface area contributed by atoms with E-state index in [0.29, 0.717) is 73.9 Å². The zero-order valence-corrected chi connectivity index (χ0v) is 41.2. The second-order valence-electron chi connectivity index (χ2n) is 21.9. The molecule has 400 valence electrons. The first-order valence-electron chi connectivity index (χ1n) is 25.5. The van der Waals surface area contributed by atoms with Crippen LogP contribution in [-0.4, -0.2) is 138 Å². The van der Waals surface area contributed by atoms with E-state index < -0.39 is 35.2 Å². The Morgan fingerprint density at radius 1 is 0.707 bits per heavy atom. The Morgan fingerprint density at radius 3 is 1.61 bits per heavy atom. The van der Waals surface area contributed by atoms with Gasteiger partial charge in [-0.3, -0.25) is 24.5 Å². The topological polar surface area (TPSA) is 346 Å². The molecule has 2 saturated carbocycles. The SMILES string of the molecule is O.O.O.O.O=C([O-])CC[C@@H](NC(=O)c1ccc([N+](=O)[O-])cc1)C(=O)[O-].O=C1C[C@@H]2OCC=C3C[NH+]4CC[C@]56c7ccccc7N1[C@H]5[C@H]2[C@H]3C[C@H]46.O=C1C[C@@H]2OCC=C3C[NH+]4CC[C@]56c7ccccc7N1[C@H]5[C@H]2[C@H]3C[C@H]46. The number of amides is 3. The summed E-state index contributed by atoms with van der Waals surface area (Å²) in [5.41, 5.74) is 8.70. The molecule has 8 fully saturated rings. The standard InChI is InChI=1S/2C21H22N2O2.C12H12N2O7.4H2O/c2*24-18-10-16-19-13-9-17-21(6-7-22(17)11-12(13)5-8-25-16)14-3-1-2-4-15(14)23(18)20(19)21;15-10(16)6-5-9(12(18)19)13-11(17)7-1-3-8(4-2-7)14(20)21;;;;/h2*1-5,13,16-17,19-20H,6-11H2;1-4,9H,5-6H2,(H,13,17)(H,15,16)(H,18,19);4*1H2/t2*13-,16-,17-,19-,20-,21+;9-;;;;/m001..../s1. The predicted molar refractivity (Wildman–Crippen MR) is 263 cm³/mol. The quantitative estimate of drug-likeness (QED) is 0.116. The number of ether oxygens (including phenoxy) is 2. The molecule has 11 N–H and O–H groups in total. The fourth-order valence-corrected chi connectivity index (χ4v) is 16.9. The largest absolute Gasteiger partial charge is 0.550 e. The van der Waals surface area contributed by atoms with E-state index in [0.717, 1.165) is 24.3 Å². The molecule has 0 radical (unpaired) electrons. The van der Waals surface area contributed by atoms with Crippen molar-refractivity contribution in [3.8, 4) is 0 Å². The van der Waals surface area contributed by atoms with Gasteiger partial charge in [0.15, 0.2) is 0 Å². The van der Waals surface area contributed by atoms with Gasteiger partial charge in [0.1, 0.15) is 12.1 Å². The summed E-state index contributed by atoms with van der Waals surface area (Å²) in [5.74, 6) is -1.11. The Kier molecular flexibility index (Phi) is 14.0. The molecule has 6 saturated heterocycles. The maximum Gasteiger partial charge on any atom is 0.269 e. The van der Waals surface area contributed by atoms with Crippen molar-refractivity contribution in [2.24, 2.45) is 23.7 Å². The molecule has 21 heteroatoms. The van der Waals surface area contributed by atoms with Gasteiger partial charge in [-0.2, -0.15) is 0 Å². The summed E-state index contributed by atoms with van der Waals surface area (Å²) in [7, 11) is 0. The van der Waals surface area contributed by atoms with Gasteiger partial charge in [0.05, 0.1) is 104 Å². The van der Waals surface area contributed by atoms with E-state index >= 15 is 0 Å². The number of hydrogen-bond acceptors (Lipinski definition) is 11. The number of carboxylic acids is 2. The highest BCUT2D eigenvalue weighted by molar-refractivity contribution is 6.00. The van der Waals surface area contributed by atoms with Crippen molar-refractivity contribution in [3.63, 3.8) is 0 Å². The van der Waals surface area contributed by atoms with E-state index in [-0.39, 0.29) is 74.4 Å². The lowest BCUT2D eigenvalue weighted by molar-refractivity contribution is -0.916. The van der Waals surface area contributed by atoms with Crippen molar-refractivity contribution in [2.45, 2.75) is 105 Å². The summed E-state index contributed by atoms with van der Waals surface area (Å²) >= 11 is 0. The van der Waals surface area contributed by atoms with Crippen molar-refractivity contribution in [1.29, 1.82) is 0 Å². The number of nitro groups is 1. The Labute approximate surface area is 431 Å². The molecule has 15 atom stereocenters. The molecule has 2 spiro atoms. The number of anilines is 2. The van der Waals surface area contributed by atoms with Gasteiger partial charge in [-0.05, 0) is 71.2 Å². The number of quaternary nitrogens is 2. The molecular formula is C54H64N6O15. The van der Waals surface area contributed by atoms with Gasteiger partial charge >= 0.3 is 0 Å². The zero-order valence-electron chi connectivity index (χ0n) is 41.2. The molecule has 12 aliphatic rings. The summed E-state index contributed by atoms with van der Waals surface area (Å²) in [6.07, 6.45) is 10.1. The number of hydrogen-bond donors (Lipinski definition) is 3. The summed E-state index contributed by atoms with van der Waals surface area (Å²) in [6.45, 7) is 6.30. The van der Waals surface area contributed by atoms with E-state index in [1.54, 1.807) is 20.9 Å². The molecule has 3 aromatic rings. The molecule has 10 aliphatic heterocycles. The summed E-state index contributed by atoms with van der Waals surface area (Å²) in [6, 6.07) is 22.6. The van der Waals surface area contributed by atoms with Gasteiger partial charge in [-0.1, -0.05) is 48.6 Å². The third-order valence-electron chi connectivity index (χ3n) is 19.4. The summed E-state index contributed by atoms with van der Waals surface area (Å²) in [4.78, 5) is 77.0. The summed E-state index contributed by atoms with van der Waals surface area (Å²) < 4.78 is 12.5. The highest BCUT2D eigenvalue weighted by atomic mass is 16.6. The average molecular weight is 1040 g/mol. The number of para-hydroxylation sites is 2. The second kappa shape index (κ2) is 19.6. The molecule has 75 heavy (non-hydrogen) atoms. The number of aliphatic carboxylic acids is 2. The van der Waals surface area contributed by atoms with Crippen LogP contribution in [0.25, 0.3) is 0 Å². The van der Waals surface area contributed by atoms with Crippen LogP contribution in [0.4, 0.5) is 17.1 Å². The minimum absolute atomic E-state index is 0. The van der Waals surface area contributed by atoms with Crippen LogP contribution >= 0.6 is 0 Å². The van der Waals surface area contributed by atoms with Gasteiger partial charge in [0.25, 0.3) is 11.6 Å². The fraction of sp³-hybridized carbons (Fsp3) is 0.500. The molecular weight excluding hydrogens is 973 g/mol. The number of nitrogens with one attached hydrogen (secondary N) is 3. The van der Waals surface area contributed by atoms with E-state index in [2.05, 4.69) is 75.8 Å². The normalized spacial score (nSPS) is 35.3. The Balaban J connectivity index is 0.000000135. The Bertz CT molecular complexity index is 2740. The highest BCUT2D eigenvalue weighted by Gasteiger charge is 2.75. The molecule has 2 unspecified atom stereocenters. The number of non-ortho nitro benzene ring substituents is 1. The fourth-order valence-electron chi connectivity index (χ4n) is 16.9. The number of carboxylic acid groups (broad SMARTS) is 2. The number of carbonyl (C=O) groups is 5. The lowest BCUT2D eigenvalue weighted by Gasteiger charge is -2.56. The van der Waals surface area contributed by atoms with Crippen molar-refractivity contribution in [1.82, 2.24) is 5.32 Å². The minimum atomic E-state index is -1.63. The second-order valence-corrected chi connectivity index (χ2v) is 21.9. The van der Waals surface area contributed by atoms with Crippen molar-refractivity contribution in [3.05, 3.63) is 123 Å². The molecule has 10 heterocycles. The average Bonchev–Trinajstić information content (AvgIpc) is 4.24. The monoisotopic (exact) mass is 1040 g/mol. The highest BCUT2D eigenvalue weighted by Crippen LogP contribution is 2.64. The molecule has 4 bridgehead atoms. The zero-order chi connectivity index (χ0) is 48.7. The minimum Gasteiger partial charge on any atom is -0.550 e. The number of nitro benzene ring substituents is 1. The smallest absolute Gasteiger partial charge is 0.269 e. The van der Waals surface area contributed by atoms with Crippen LogP contribution in [0, 0.1) is 33.8 Å². The predicted octanol–water partition coefficient (Wildman–Crippen LogP) is -3.97. The first-order chi connectivity index (χ1) is 34.4. The number of fused-ring (bicyclic) bond motifs is 4. The van der Waals surface area contributed by atoms with Crippen LogP contribution in [0.15, 0.2) is 96.1 Å². The molecule has 3 aromatic carbocycles. The molecule has 2 aliphatic carbocycles. The van der Waals surface area contributed by atoms with Crippen molar-refractivity contribution >= 4 is 46.7 Å². The molecule has 21 nitrogen and oxygen atoms in total. The summed E-state index contributed by atoms with van der Waals surface area (Å²) in [5, 5.41) is 33.6. The van der Waals surface area contributed by atoms with Crippen molar-refractivity contribution < 1.29 is 80.3 Å². The lowest BCUT2D eigenvalue weighted by Crippen LogP contribution is -3.16. The Hall–Kier alpha value is -6.43. The third-order valence-corrected chi connectivity index (χ3v) is 19.4. The molecule has 3 amide bonds. The molecule has 0 aromatic heterocycles. The number of nitrogens with zero attached hydrogens (tertiary/aromatic N) is 3. The van der Waals surface area contributed by atoms with Crippen molar-refractivity contribution in [2.75, 3.05) is 49.2 Å². The molecule has 15 rings (SSSR count). The number of piperidine rings is 4. The first kappa shape index (κ1) is 53.4. The number of rotatable bonds is 7.